The Labute approximate surface area is 105 Å². The van der Waals surface area contributed by atoms with Crippen LogP contribution in [0.5, 0.6) is 0 Å². The van der Waals surface area contributed by atoms with E-state index in [1.54, 1.807) is 19.1 Å². The van der Waals surface area contributed by atoms with Crippen LogP contribution in [-0.2, 0) is 4.79 Å². The van der Waals surface area contributed by atoms with Gasteiger partial charge >= 0.3 is 0 Å². The summed E-state index contributed by atoms with van der Waals surface area (Å²) < 4.78 is 13.7. The van der Waals surface area contributed by atoms with Crippen LogP contribution < -0.4 is 5.73 Å². The molecule has 0 aliphatic carbocycles. The predicted molar refractivity (Wildman–Crippen MR) is 70.2 cm³/mol. The Bertz CT molecular complexity index is 488. The minimum absolute atomic E-state index is 0.0707. The molecule has 0 amide bonds. The van der Waals surface area contributed by atoms with Gasteiger partial charge in [-0.15, -0.1) is 0 Å². The van der Waals surface area contributed by atoms with Crippen LogP contribution in [0, 0.1) is 24.6 Å². The van der Waals surface area contributed by atoms with Crippen molar-refractivity contribution in [3.63, 3.8) is 0 Å². The molecule has 1 aromatic rings. The SMILES string of the molecule is CC(=O)SCCC#Cc1ccc(N)c(C)c1F. The monoisotopic (exact) mass is 251 g/mol. The summed E-state index contributed by atoms with van der Waals surface area (Å²) in [5.74, 6) is 5.86. The summed E-state index contributed by atoms with van der Waals surface area (Å²) in [7, 11) is 0. The summed E-state index contributed by atoms with van der Waals surface area (Å²) in [4.78, 5) is 10.7. The topological polar surface area (TPSA) is 43.1 Å². The molecule has 2 nitrogen and oxygen atoms in total. The molecule has 17 heavy (non-hydrogen) atoms. The van der Waals surface area contributed by atoms with Crippen molar-refractivity contribution in [2.75, 3.05) is 11.5 Å². The maximum absolute atomic E-state index is 13.7. The van der Waals surface area contributed by atoms with Crippen molar-refractivity contribution < 1.29 is 9.18 Å². The molecule has 0 spiro atoms. The molecule has 90 valence electrons. The number of thioether (sulfide) groups is 1. The first kappa shape index (κ1) is 13.6. The average molecular weight is 251 g/mol. The van der Waals surface area contributed by atoms with Crippen LogP contribution in [0.25, 0.3) is 0 Å². The van der Waals surface area contributed by atoms with E-state index in [1.807, 2.05) is 0 Å². The van der Waals surface area contributed by atoms with Gasteiger partial charge in [-0.3, -0.25) is 4.79 Å². The summed E-state index contributed by atoms with van der Waals surface area (Å²) in [5, 5.41) is 0.0707. The first-order chi connectivity index (χ1) is 8.02. The van der Waals surface area contributed by atoms with Gasteiger partial charge in [-0.1, -0.05) is 23.6 Å². The van der Waals surface area contributed by atoms with E-state index in [9.17, 15) is 9.18 Å². The minimum atomic E-state index is -0.364. The number of carbonyl (C=O) groups excluding carboxylic acids is 1. The number of anilines is 1. The maximum Gasteiger partial charge on any atom is 0.185 e. The van der Waals surface area contributed by atoms with Crippen LogP contribution in [0.15, 0.2) is 12.1 Å². The van der Waals surface area contributed by atoms with Crippen molar-refractivity contribution in [3.8, 4) is 11.8 Å². The third-order valence-corrected chi connectivity index (χ3v) is 3.00. The number of nitrogens with two attached hydrogens (primary N) is 1. The molecular formula is C13H14FNOS. The summed E-state index contributed by atoms with van der Waals surface area (Å²) in [6.07, 6.45) is 0.563. The molecule has 0 fully saturated rings. The van der Waals surface area contributed by atoms with Crippen LogP contribution >= 0.6 is 11.8 Å². The molecule has 0 aromatic heterocycles. The second kappa shape index (κ2) is 6.31. The fraction of sp³-hybridized carbons (Fsp3) is 0.308. The number of carbonyl (C=O) groups is 1. The quantitative estimate of drug-likeness (QED) is 0.499. The van der Waals surface area contributed by atoms with E-state index in [1.165, 1.54) is 18.7 Å². The molecule has 0 saturated heterocycles. The van der Waals surface area contributed by atoms with E-state index >= 15 is 0 Å². The zero-order valence-corrected chi connectivity index (χ0v) is 10.7. The summed E-state index contributed by atoms with van der Waals surface area (Å²) >= 11 is 1.22. The van der Waals surface area contributed by atoms with Crippen molar-refractivity contribution in [1.82, 2.24) is 0 Å². The largest absolute Gasteiger partial charge is 0.398 e. The van der Waals surface area contributed by atoms with E-state index in [4.69, 9.17) is 5.73 Å². The van der Waals surface area contributed by atoms with E-state index in [0.717, 1.165) is 0 Å². The van der Waals surface area contributed by atoms with Gasteiger partial charge in [-0.2, -0.15) is 0 Å². The molecule has 0 bridgehead atoms. The lowest BCUT2D eigenvalue weighted by Crippen LogP contribution is -1.95. The maximum atomic E-state index is 13.7. The summed E-state index contributed by atoms with van der Waals surface area (Å²) in [6, 6.07) is 3.22. The number of hydrogen-bond donors (Lipinski definition) is 1. The highest BCUT2D eigenvalue weighted by Gasteiger charge is 2.05. The van der Waals surface area contributed by atoms with Crippen molar-refractivity contribution in [1.29, 1.82) is 0 Å². The van der Waals surface area contributed by atoms with Gasteiger partial charge in [0, 0.05) is 30.3 Å². The molecule has 0 saturated carbocycles. The van der Waals surface area contributed by atoms with E-state index in [2.05, 4.69) is 11.8 Å². The molecule has 0 aliphatic rings. The first-order valence-electron chi connectivity index (χ1n) is 5.19. The third kappa shape index (κ3) is 4.12. The molecule has 1 aromatic carbocycles. The molecule has 0 atom stereocenters. The highest BCUT2D eigenvalue weighted by atomic mass is 32.2. The molecule has 1 rings (SSSR count). The van der Waals surface area contributed by atoms with Crippen LogP contribution in [0.4, 0.5) is 10.1 Å². The molecule has 0 heterocycles. The van der Waals surface area contributed by atoms with Gasteiger partial charge in [-0.05, 0) is 19.1 Å². The Balaban J connectivity index is 2.66. The minimum Gasteiger partial charge on any atom is -0.398 e. The predicted octanol–water partition coefficient (Wildman–Crippen LogP) is 2.74. The number of hydrogen-bond acceptors (Lipinski definition) is 3. The number of halogens is 1. The van der Waals surface area contributed by atoms with Gasteiger partial charge in [-0.25, -0.2) is 4.39 Å². The standard InChI is InChI=1S/C13H14FNOS/c1-9-12(15)7-6-11(13(9)14)5-3-4-8-17-10(2)16/h6-7H,4,8,15H2,1-2H3. The number of benzene rings is 1. The van der Waals surface area contributed by atoms with Gasteiger partial charge in [0.05, 0.1) is 5.56 Å². The molecule has 0 aliphatic heterocycles. The third-order valence-electron chi connectivity index (χ3n) is 2.18. The molecule has 0 unspecified atom stereocenters. The van der Waals surface area contributed by atoms with Crippen LogP contribution in [-0.4, -0.2) is 10.9 Å². The Kier molecular flexibility index (Phi) is 5.05. The van der Waals surface area contributed by atoms with E-state index in [0.29, 0.717) is 29.0 Å². The second-order valence-corrected chi connectivity index (χ2v) is 4.80. The summed E-state index contributed by atoms with van der Waals surface area (Å²) in [6.45, 7) is 3.14. The lowest BCUT2D eigenvalue weighted by atomic mass is 10.1. The van der Waals surface area contributed by atoms with Gasteiger partial charge in [0.1, 0.15) is 5.82 Å². The van der Waals surface area contributed by atoms with Crippen LogP contribution in [0.3, 0.4) is 0 Å². The van der Waals surface area contributed by atoms with Gasteiger partial charge in [0.2, 0.25) is 0 Å². The van der Waals surface area contributed by atoms with E-state index < -0.39 is 0 Å². The van der Waals surface area contributed by atoms with Crippen LogP contribution in [0.1, 0.15) is 24.5 Å². The van der Waals surface area contributed by atoms with E-state index in [-0.39, 0.29) is 10.9 Å². The highest BCUT2D eigenvalue weighted by Crippen LogP contribution is 2.17. The molecule has 2 N–H and O–H groups in total. The van der Waals surface area contributed by atoms with Crippen molar-refractivity contribution in [2.24, 2.45) is 0 Å². The van der Waals surface area contributed by atoms with Gasteiger partial charge in [0.25, 0.3) is 0 Å². The van der Waals surface area contributed by atoms with Crippen molar-refractivity contribution in [2.45, 2.75) is 20.3 Å². The second-order valence-electron chi connectivity index (χ2n) is 3.53. The lowest BCUT2D eigenvalue weighted by Gasteiger charge is -2.02. The molecule has 4 heteroatoms. The Morgan fingerprint density at radius 2 is 2.24 bits per heavy atom. The normalized spacial score (nSPS) is 9.59. The fourth-order valence-electron chi connectivity index (χ4n) is 1.20. The lowest BCUT2D eigenvalue weighted by molar-refractivity contribution is -0.109. The first-order valence-corrected chi connectivity index (χ1v) is 6.17. The van der Waals surface area contributed by atoms with Crippen molar-refractivity contribution >= 4 is 22.6 Å². The Morgan fingerprint density at radius 3 is 2.88 bits per heavy atom. The van der Waals surface area contributed by atoms with Crippen LogP contribution in [0.2, 0.25) is 0 Å². The van der Waals surface area contributed by atoms with Gasteiger partial charge in [0.15, 0.2) is 5.12 Å². The zero-order valence-electron chi connectivity index (χ0n) is 9.84. The number of rotatable bonds is 2. The smallest absolute Gasteiger partial charge is 0.185 e. The van der Waals surface area contributed by atoms with Gasteiger partial charge < -0.3 is 5.73 Å². The zero-order chi connectivity index (χ0) is 12.8. The molecular weight excluding hydrogens is 237 g/mol. The Hall–Kier alpha value is -1.47. The molecule has 0 radical (unpaired) electrons. The average Bonchev–Trinajstić information content (AvgIpc) is 2.28. The number of nitrogen functional groups attached to an aromatic ring is 1. The highest BCUT2D eigenvalue weighted by molar-refractivity contribution is 8.13. The summed E-state index contributed by atoms with van der Waals surface area (Å²) in [5.41, 5.74) is 6.78. The van der Waals surface area contributed by atoms with Crippen molar-refractivity contribution in [3.05, 3.63) is 29.1 Å². The fourth-order valence-corrected chi connectivity index (χ4v) is 1.69. The Morgan fingerprint density at radius 1 is 1.53 bits per heavy atom.